The van der Waals surface area contributed by atoms with E-state index in [0.717, 1.165) is 28.3 Å². The molecule has 0 atom stereocenters. The summed E-state index contributed by atoms with van der Waals surface area (Å²) < 4.78 is 7.42. The minimum Gasteiger partial charge on any atom is -0.461 e. The molecular formula is C21H22Br2O2. The van der Waals surface area contributed by atoms with Crippen molar-refractivity contribution in [2.24, 2.45) is 0 Å². The van der Waals surface area contributed by atoms with E-state index in [2.05, 4.69) is 45.4 Å². The average Bonchev–Trinajstić information content (AvgIpc) is 2.89. The van der Waals surface area contributed by atoms with Gasteiger partial charge in [0.1, 0.15) is 11.3 Å². The molecule has 0 saturated carbocycles. The average molecular weight is 466 g/mol. The van der Waals surface area contributed by atoms with Gasteiger partial charge in [0.15, 0.2) is 5.78 Å². The number of benzene rings is 1. The Morgan fingerprint density at radius 2 is 1.92 bits per heavy atom. The Morgan fingerprint density at radius 3 is 2.60 bits per heavy atom. The van der Waals surface area contributed by atoms with Gasteiger partial charge < -0.3 is 4.42 Å². The minimum atomic E-state index is -0.0597. The highest BCUT2D eigenvalue weighted by molar-refractivity contribution is 9.12. The molecule has 0 amide bonds. The fourth-order valence-electron chi connectivity index (χ4n) is 2.72. The maximum Gasteiger partial charge on any atom is 0.197 e. The number of Topliss-reactive ketones (excluding diaryl/α,β-unsaturated/α-hetero) is 1. The number of para-hydroxylation sites is 1. The van der Waals surface area contributed by atoms with E-state index in [4.69, 9.17) is 4.42 Å². The lowest BCUT2D eigenvalue weighted by Gasteiger charge is -2.05. The van der Waals surface area contributed by atoms with Crippen LogP contribution in [0.4, 0.5) is 0 Å². The van der Waals surface area contributed by atoms with E-state index in [9.17, 15) is 4.79 Å². The van der Waals surface area contributed by atoms with Crippen molar-refractivity contribution in [2.75, 3.05) is 0 Å². The van der Waals surface area contributed by atoms with Gasteiger partial charge in [0.2, 0.25) is 0 Å². The second-order valence-electron chi connectivity index (χ2n) is 5.95. The predicted molar refractivity (Wildman–Crippen MR) is 113 cm³/mol. The van der Waals surface area contributed by atoms with Gasteiger partial charge in [-0.3, -0.25) is 4.79 Å². The Hall–Kier alpha value is -1.39. The van der Waals surface area contributed by atoms with Crippen LogP contribution in [0.5, 0.6) is 0 Å². The quantitative estimate of drug-likeness (QED) is 0.173. The molecule has 25 heavy (non-hydrogen) atoms. The fourth-order valence-corrected chi connectivity index (χ4v) is 3.49. The molecule has 0 radical (unpaired) electrons. The van der Waals surface area contributed by atoms with Gasteiger partial charge in [-0.2, -0.15) is 0 Å². The largest absolute Gasteiger partial charge is 0.461 e. The zero-order valence-corrected chi connectivity index (χ0v) is 17.7. The molecule has 132 valence electrons. The van der Waals surface area contributed by atoms with Crippen LogP contribution in [0, 0.1) is 6.92 Å². The fraction of sp³-hybridized carbons (Fsp3) is 0.286. The van der Waals surface area contributed by atoms with Crippen molar-refractivity contribution in [3.63, 3.8) is 0 Å². The van der Waals surface area contributed by atoms with E-state index in [1.807, 2.05) is 37.3 Å². The molecule has 4 heteroatoms. The highest BCUT2D eigenvalue weighted by Gasteiger charge is 2.20. The lowest BCUT2D eigenvalue weighted by Crippen LogP contribution is -2.03. The van der Waals surface area contributed by atoms with E-state index in [-0.39, 0.29) is 5.78 Å². The molecule has 2 aromatic rings. The van der Waals surface area contributed by atoms with Gasteiger partial charge in [-0.1, -0.05) is 76.4 Å². The summed E-state index contributed by atoms with van der Waals surface area (Å²) in [6.45, 7) is 7.85. The van der Waals surface area contributed by atoms with Crippen LogP contribution < -0.4 is 0 Å². The molecule has 1 aromatic carbocycles. The van der Waals surface area contributed by atoms with Crippen LogP contribution in [-0.2, 0) is 0 Å². The van der Waals surface area contributed by atoms with E-state index in [0.29, 0.717) is 21.4 Å². The highest BCUT2D eigenvalue weighted by atomic mass is 79.9. The summed E-state index contributed by atoms with van der Waals surface area (Å²) in [4.78, 5) is 13.2. The highest BCUT2D eigenvalue weighted by Crippen LogP contribution is 2.29. The third-order valence-corrected chi connectivity index (χ3v) is 4.76. The molecule has 0 spiro atoms. The van der Waals surface area contributed by atoms with Gasteiger partial charge >= 0.3 is 0 Å². The summed E-state index contributed by atoms with van der Waals surface area (Å²) in [5.74, 6) is 0.572. The molecule has 1 aromatic heterocycles. The topological polar surface area (TPSA) is 30.2 Å². The van der Waals surface area contributed by atoms with Crippen LogP contribution in [0.1, 0.15) is 48.7 Å². The molecule has 2 rings (SSSR count). The molecular weight excluding hydrogens is 444 g/mol. The molecule has 0 fully saturated rings. The van der Waals surface area contributed by atoms with Crippen molar-refractivity contribution < 1.29 is 9.21 Å². The van der Waals surface area contributed by atoms with Crippen molar-refractivity contribution >= 4 is 48.6 Å². The third-order valence-electron chi connectivity index (χ3n) is 3.90. The number of furan rings is 1. The lowest BCUT2D eigenvalue weighted by atomic mass is 9.99. The van der Waals surface area contributed by atoms with Crippen molar-refractivity contribution in [1.82, 2.24) is 0 Å². The minimum absolute atomic E-state index is 0.0597. The number of unbranched alkanes of at least 4 members (excludes halogenated alkanes) is 2. The Labute approximate surface area is 165 Å². The molecule has 0 N–H and O–H groups in total. The van der Waals surface area contributed by atoms with Crippen LogP contribution in [0.25, 0.3) is 11.0 Å². The predicted octanol–water partition coefficient (Wildman–Crippen LogP) is 7.62. The number of carbonyl (C=O) groups excluding carboxylic acids is 1. The molecule has 0 bridgehead atoms. The first kappa shape index (κ1) is 19.9. The van der Waals surface area contributed by atoms with Crippen LogP contribution in [-0.4, -0.2) is 5.78 Å². The number of fused-ring (bicyclic) bond motifs is 1. The van der Waals surface area contributed by atoms with Crippen molar-refractivity contribution in [2.45, 2.75) is 39.5 Å². The number of aryl methyl sites for hydroxylation is 1. The maximum atomic E-state index is 13.2. The summed E-state index contributed by atoms with van der Waals surface area (Å²) in [6, 6.07) is 7.61. The van der Waals surface area contributed by atoms with E-state index in [1.165, 1.54) is 12.8 Å². The number of hydrogen-bond donors (Lipinski definition) is 0. The summed E-state index contributed by atoms with van der Waals surface area (Å²) >= 11 is 6.94. The molecule has 1 heterocycles. The van der Waals surface area contributed by atoms with Crippen LogP contribution in [0.15, 0.2) is 62.0 Å². The zero-order chi connectivity index (χ0) is 18.4. The van der Waals surface area contributed by atoms with Crippen LogP contribution in [0.2, 0.25) is 0 Å². The third kappa shape index (κ3) is 5.29. The van der Waals surface area contributed by atoms with Crippen LogP contribution in [0.3, 0.4) is 0 Å². The summed E-state index contributed by atoms with van der Waals surface area (Å²) in [6.07, 6.45) is 8.00. The monoisotopic (exact) mass is 464 g/mol. The Balaban J connectivity index is 2.41. The second-order valence-corrected chi connectivity index (χ2v) is 7.99. The van der Waals surface area contributed by atoms with Gasteiger partial charge in [-0.15, -0.1) is 0 Å². The van der Waals surface area contributed by atoms with Crippen molar-refractivity contribution in [3.8, 4) is 0 Å². The normalized spacial score (nSPS) is 12.6. The Kier molecular flexibility index (Phi) is 7.45. The first-order valence-corrected chi connectivity index (χ1v) is 9.97. The van der Waals surface area contributed by atoms with E-state index in [1.54, 1.807) is 6.08 Å². The molecule has 0 aliphatic heterocycles. The molecule has 2 nitrogen and oxygen atoms in total. The van der Waals surface area contributed by atoms with Gasteiger partial charge in [0, 0.05) is 15.4 Å². The number of hydrogen-bond acceptors (Lipinski definition) is 2. The number of halogens is 2. The number of ketones is 1. The Bertz CT molecular complexity index is 841. The number of allylic oxidation sites excluding steroid dienone is 5. The van der Waals surface area contributed by atoms with Gasteiger partial charge in [0.25, 0.3) is 0 Å². The first-order chi connectivity index (χ1) is 11.9. The van der Waals surface area contributed by atoms with Gasteiger partial charge in [0.05, 0.1) is 5.56 Å². The number of rotatable bonds is 8. The Morgan fingerprint density at radius 1 is 1.20 bits per heavy atom. The van der Waals surface area contributed by atoms with Crippen LogP contribution >= 0.6 is 31.9 Å². The summed E-state index contributed by atoms with van der Waals surface area (Å²) in [7, 11) is 0. The van der Waals surface area contributed by atoms with Crippen molar-refractivity contribution in [1.29, 1.82) is 0 Å². The lowest BCUT2D eigenvalue weighted by molar-refractivity contribution is 0.103. The molecule has 0 aliphatic carbocycles. The molecule has 0 unspecified atom stereocenters. The number of carbonyl (C=O) groups is 1. The summed E-state index contributed by atoms with van der Waals surface area (Å²) in [5.41, 5.74) is 1.92. The smallest absolute Gasteiger partial charge is 0.197 e. The molecule has 0 aliphatic rings. The zero-order valence-electron chi connectivity index (χ0n) is 14.6. The molecule has 0 saturated heterocycles. The maximum absolute atomic E-state index is 13.2. The first-order valence-electron chi connectivity index (χ1n) is 8.39. The van der Waals surface area contributed by atoms with E-state index >= 15 is 0 Å². The van der Waals surface area contributed by atoms with E-state index < -0.39 is 0 Å². The van der Waals surface area contributed by atoms with Crippen molar-refractivity contribution in [3.05, 3.63) is 68.9 Å². The van der Waals surface area contributed by atoms with Gasteiger partial charge in [-0.05, 0) is 42.5 Å². The summed E-state index contributed by atoms with van der Waals surface area (Å²) in [5, 5.41) is 0.839. The standard InChI is InChI=1S/C21H22Br2O2/c1-4-5-6-9-17(23)13-16(12-14(2)22)21(24)20-15(3)25-19-11-8-7-10-18(19)20/h7-8,10-13H,2,4-6,9H2,1,3H3/b16-12+,17-13+. The second kappa shape index (κ2) is 9.35. The SMILES string of the molecule is C=C(Br)/C=C(\C=C(\Br)CCCCC)C(=O)c1c(C)oc2ccccc12. The van der Waals surface area contributed by atoms with Gasteiger partial charge in [-0.25, -0.2) is 0 Å².